The Morgan fingerprint density at radius 1 is 1.67 bits per heavy atom. The molecule has 0 unspecified atom stereocenters. The van der Waals surface area contributed by atoms with Gasteiger partial charge >= 0.3 is 5.97 Å². The van der Waals surface area contributed by atoms with Crippen molar-refractivity contribution >= 4 is 12.4 Å². The van der Waals surface area contributed by atoms with Crippen molar-refractivity contribution in [3.8, 4) is 0 Å². The Morgan fingerprint density at radius 2 is 2.33 bits per heavy atom. The molecule has 1 N–H and O–H groups in total. The minimum Gasteiger partial charge on any atom is -0.463 e. The van der Waals surface area contributed by atoms with Crippen LogP contribution >= 0.6 is 0 Å². The monoisotopic (exact) mass is 172 g/mol. The first-order chi connectivity index (χ1) is 5.70. The minimum absolute atomic E-state index is 0.341. The fourth-order valence-electron chi connectivity index (χ4n) is 0.489. The molecular formula is C7H12N2O3. The van der Waals surface area contributed by atoms with Gasteiger partial charge in [0.05, 0.1) is 6.61 Å². The average Bonchev–Trinajstić information content (AvgIpc) is 2.02. The number of nitrogens with zero attached hydrogens (tertiary/aromatic N) is 1. The van der Waals surface area contributed by atoms with E-state index in [0.717, 1.165) is 0 Å². The molecule has 0 atom stereocenters. The van der Waals surface area contributed by atoms with Gasteiger partial charge in [-0.3, -0.25) is 15.2 Å². The maximum atomic E-state index is 10.7. The summed E-state index contributed by atoms with van der Waals surface area (Å²) in [7, 11) is 1.59. The number of nitrogens with one attached hydrogen (secondary N) is 1. The summed E-state index contributed by atoms with van der Waals surface area (Å²) in [5.41, 5.74) is 2.30. The standard InChI is InChI=1S/C7H12N2O3/c1-3-12-7(11)4-5-9(2)8-6-10/h4-6H,3H2,1-2H3,(H,8,10). The highest BCUT2D eigenvalue weighted by atomic mass is 16.5. The van der Waals surface area contributed by atoms with E-state index in [1.54, 1.807) is 14.0 Å². The van der Waals surface area contributed by atoms with Crippen LogP contribution in [0.1, 0.15) is 6.92 Å². The number of amides is 1. The second-order valence-electron chi connectivity index (χ2n) is 1.93. The highest BCUT2D eigenvalue weighted by Gasteiger charge is 1.93. The molecule has 1 amide bonds. The Morgan fingerprint density at radius 3 is 2.83 bits per heavy atom. The zero-order valence-corrected chi connectivity index (χ0v) is 7.11. The summed E-state index contributed by atoms with van der Waals surface area (Å²) in [6, 6.07) is 0. The van der Waals surface area contributed by atoms with Crippen molar-refractivity contribution in [3.63, 3.8) is 0 Å². The van der Waals surface area contributed by atoms with Gasteiger partial charge in [0.1, 0.15) is 0 Å². The normalized spacial score (nSPS) is 9.50. The summed E-state index contributed by atoms with van der Waals surface area (Å²) < 4.78 is 4.60. The first-order valence-corrected chi connectivity index (χ1v) is 3.48. The molecule has 0 aromatic heterocycles. The van der Waals surface area contributed by atoms with Crippen molar-refractivity contribution in [2.75, 3.05) is 13.7 Å². The van der Waals surface area contributed by atoms with Gasteiger partial charge in [-0.15, -0.1) is 0 Å². The predicted molar refractivity (Wildman–Crippen MR) is 42.7 cm³/mol. The highest BCUT2D eigenvalue weighted by Crippen LogP contribution is 1.82. The first-order valence-electron chi connectivity index (χ1n) is 3.48. The molecule has 0 bridgehead atoms. The van der Waals surface area contributed by atoms with E-state index >= 15 is 0 Å². The number of hydrogen-bond donors (Lipinski definition) is 1. The molecule has 0 saturated carbocycles. The van der Waals surface area contributed by atoms with Gasteiger partial charge in [-0.2, -0.15) is 0 Å². The molecule has 0 spiro atoms. The zero-order valence-electron chi connectivity index (χ0n) is 7.11. The van der Waals surface area contributed by atoms with Crippen LogP contribution in [0.2, 0.25) is 0 Å². The fraction of sp³-hybridized carbons (Fsp3) is 0.429. The Bertz CT molecular complexity index is 179. The average molecular weight is 172 g/mol. The van der Waals surface area contributed by atoms with Crippen molar-refractivity contribution in [2.45, 2.75) is 6.92 Å². The second kappa shape index (κ2) is 6.21. The molecule has 12 heavy (non-hydrogen) atoms. The number of rotatable bonds is 5. The van der Waals surface area contributed by atoms with Crippen molar-refractivity contribution in [3.05, 3.63) is 12.3 Å². The molecule has 0 rings (SSSR count). The van der Waals surface area contributed by atoms with Crippen molar-refractivity contribution in [1.82, 2.24) is 10.4 Å². The molecule has 0 aromatic carbocycles. The van der Waals surface area contributed by atoms with Gasteiger partial charge in [-0.25, -0.2) is 4.79 Å². The van der Waals surface area contributed by atoms with Gasteiger partial charge < -0.3 is 4.74 Å². The summed E-state index contributed by atoms with van der Waals surface area (Å²) in [4.78, 5) is 20.6. The molecule has 0 heterocycles. The molecule has 0 radical (unpaired) electrons. The van der Waals surface area contributed by atoms with Crippen LogP contribution in [-0.4, -0.2) is 31.0 Å². The van der Waals surface area contributed by atoms with Gasteiger partial charge in [0.25, 0.3) is 0 Å². The molecular weight excluding hydrogens is 160 g/mol. The Labute approximate surface area is 71.0 Å². The van der Waals surface area contributed by atoms with Crippen LogP contribution in [0, 0.1) is 0 Å². The third-order valence-electron chi connectivity index (χ3n) is 0.977. The predicted octanol–water partition coefficient (Wildman–Crippen LogP) is -0.344. The van der Waals surface area contributed by atoms with Gasteiger partial charge in [-0.05, 0) is 6.92 Å². The molecule has 0 fully saturated rings. The van der Waals surface area contributed by atoms with E-state index in [0.29, 0.717) is 13.0 Å². The van der Waals surface area contributed by atoms with Crippen LogP contribution in [0.4, 0.5) is 0 Å². The first kappa shape index (κ1) is 10.5. The molecule has 0 saturated heterocycles. The Hall–Kier alpha value is -1.52. The molecule has 0 aliphatic heterocycles. The summed E-state index contributed by atoms with van der Waals surface area (Å²) in [6.07, 6.45) is 3.13. The summed E-state index contributed by atoms with van der Waals surface area (Å²) in [6.45, 7) is 2.06. The van der Waals surface area contributed by atoms with Gasteiger partial charge in [0, 0.05) is 19.3 Å². The Balaban J connectivity index is 3.72. The largest absolute Gasteiger partial charge is 0.463 e. The lowest BCUT2D eigenvalue weighted by Crippen LogP contribution is -2.28. The number of carbonyl (C=O) groups excluding carboxylic acids is 2. The van der Waals surface area contributed by atoms with Gasteiger partial charge in [0.2, 0.25) is 6.41 Å². The summed E-state index contributed by atoms with van der Waals surface area (Å²) in [5.74, 6) is -0.433. The molecule has 5 heteroatoms. The zero-order chi connectivity index (χ0) is 9.40. The third kappa shape index (κ3) is 5.28. The lowest BCUT2D eigenvalue weighted by atomic mass is 10.6. The second-order valence-corrected chi connectivity index (χ2v) is 1.93. The molecule has 0 aliphatic carbocycles. The smallest absolute Gasteiger partial charge is 0.332 e. The molecule has 68 valence electrons. The maximum absolute atomic E-state index is 10.7. The number of ether oxygens (including phenoxy) is 1. The molecule has 5 nitrogen and oxygen atoms in total. The van der Waals surface area contributed by atoms with Crippen LogP contribution in [0.15, 0.2) is 12.3 Å². The van der Waals surface area contributed by atoms with Crippen LogP contribution in [0.3, 0.4) is 0 Å². The van der Waals surface area contributed by atoms with Crippen LogP contribution in [0.25, 0.3) is 0 Å². The lowest BCUT2D eigenvalue weighted by Gasteiger charge is -2.09. The van der Waals surface area contributed by atoms with Crippen molar-refractivity contribution in [1.29, 1.82) is 0 Å². The van der Waals surface area contributed by atoms with Gasteiger partial charge in [-0.1, -0.05) is 0 Å². The lowest BCUT2D eigenvalue weighted by molar-refractivity contribution is -0.137. The van der Waals surface area contributed by atoms with Gasteiger partial charge in [0.15, 0.2) is 0 Å². The van der Waals surface area contributed by atoms with E-state index in [1.165, 1.54) is 17.3 Å². The highest BCUT2D eigenvalue weighted by molar-refractivity contribution is 5.81. The number of hydrogen-bond acceptors (Lipinski definition) is 4. The van der Waals surface area contributed by atoms with E-state index in [1.807, 2.05) is 0 Å². The number of esters is 1. The summed E-state index contributed by atoms with van der Waals surface area (Å²) in [5, 5.41) is 1.34. The SMILES string of the molecule is CCOC(=O)C=CN(C)NC=O. The van der Waals surface area contributed by atoms with E-state index in [4.69, 9.17) is 0 Å². The van der Waals surface area contributed by atoms with E-state index in [9.17, 15) is 9.59 Å². The fourth-order valence-corrected chi connectivity index (χ4v) is 0.489. The third-order valence-corrected chi connectivity index (χ3v) is 0.977. The van der Waals surface area contributed by atoms with Crippen molar-refractivity contribution in [2.24, 2.45) is 0 Å². The molecule has 0 aliphatic rings. The Kier molecular flexibility index (Phi) is 5.42. The van der Waals surface area contributed by atoms with Crippen LogP contribution < -0.4 is 5.43 Å². The van der Waals surface area contributed by atoms with E-state index < -0.39 is 5.97 Å². The summed E-state index contributed by atoms with van der Waals surface area (Å²) >= 11 is 0. The minimum atomic E-state index is -0.433. The quantitative estimate of drug-likeness (QED) is 0.267. The maximum Gasteiger partial charge on any atom is 0.332 e. The van der Waals surface area contributed by atoms with E-state index in [-0.39, 0.29) is 0 Å². The van der Waals surface area contributed by atoms with Crippen molar-refractivity contribution < 1.29 is 14.3 Å². The van der Waals surface area contributed by atoms with Crippen LogP contribution in [-0.2, 0) is 14.3 Å². The van der Waals surface area contributed by atoms with Crippen LogP contribution in [0.5, 0.6) is 0 Å². The number of hydrazine groups is 1. The van der Waals surface area contributed by atoms with E-state index in [2.05, 4.69) is 10.2 Å². The topological polar surface area (TPSA) is 58.6 Å². The number of carbonyl (C=O) groups is 2. The molecule has 0 aromatic rings.